The van der Waals surface area contributed by atoms with Crippen LogP contribution < -0.4 is 5.32 Å². The second kappa shape index (κ2) is 5.59. The molecule has 21 heavy (non-hydrogen) atoms. The molecule has 1 aromatic carbocycles. The molecule has 2 rings (SSSR count). The fourth-order valence-corrected chi connectivity index (χ4v) is 1.82. The second-order valence-corrected chi connectivity index (χ2v) is 4.49. The van der Waals surface area contributed by atoms with E-state index in [2.05, 4.69) is 5.32 Å². The van der Waals surface area contributed by atoms with Crippen LogP contribution in [-0.2, 0) is 19.8 Å². The maximum absolute atomic E-state index is 13.5. The fourth-order valence-electron chi connectivity index (χ4n) is 1.82. The van der Waals surface area contributed by atoms with Crippen LogP contribution in [-0.4, -0.2) is 10.5 Å². The molecule has 0 aliphatic rings. The summed E-state index contributed by atoms with van der Waals surface area (Å²) in [7, 11) is 1.76. The molecule has 0 spiro atoms. The van der Waals surface area contributed by atoms with E-state index in [0.29, 0.717) is 18.2 Å². The number of aryl methyl sites for hydroxylation is 1. The molecule has 0 unspecified atom stereocenters. The summed E-state index contributed by atoms with van der Waals surface area (Å²) in [6.07, 6.45) is -2.87. The highest BCUT2D eigenvalue weighted by atomic mass is 19.4. The Hall–Kier alpha value is -2.31. The lowest BCUT2D eigenvalue weighted by atomic mass is 10.1. The molecule has 3 nitrogen and oxygen atoms in total. The van der Waals surface area contributed by atoms with Gasteiger partial charge in [-0.05, 0) is 30.3 Å². The predicted molar refractivity (Wildman–Crippen MR) is 68.0 cm³/mol. The maximum Gasteiger partial charge on any atom is 0.416 e. The molecule has 2 aromatic rings. The van der Waals surface area contributed by atoms with Gasteiger partial charge in [0.25, 0.3) is 5.91 Å². The van der Waals surface area contributed by atoms with Crippen LogP contribution in [0.25, 0.3) is 0 Å². The van der Waals surface area contributed by atoms with Gasteiger partial charge in [0.2, 0.25) is 0 Å². The van der Waals surface area contributed by atoms with E-state index in [-0.39, 0.29) is 6.54 Å². The topological polar surface area (TPSA) is 34.0 Å². The standard InChI is InChI=1S/C14H12F4N2O/c1-20-6-2-3-10(20)8-19-13(21)11-7-9(14(16,17)18)4-5-12(11)15/h2-7H,8H2,1H3,(H,19,21). The minimum atomic E-state index is -4.62. The highest BCUT2D eigenvalue weighted by Crippen LogP contribution is 2.30. The third-order valence-corrected chi connectivity index (χ3v) is 3.02. The molecule has 1 amide bonds. The molecule has 0 aliphatic heterocycles. The van der Waals surface area contributed by atoms with Gasteiger partial charge >= 0.3 is 6.18 Å². The average Bonchev–Trinajstić information content (AvgIpc) is 2.80. The van der Waals surface area contributed by atoms with Crippen molar-refractivity contribution >= 4 is 5.91 Å². The average molecular weight is 300 g/mol. The maximum atomic E-state index is 13.5. The van der Waals surface area contributed by atoms with Crippen molar-refractivity contribution in [1.29, 1.82) is 0 Å². The van der Waals surface area contributed by atoms with Crippen LogP contribution in [0, 0.1) is 5.82 Å². The molecular weight excluding hydrogens is 288 g/mol. The predicted octanol–water partition coefficient (Wildman–Crippen LogP) is 3.11. The Morgan fingerprint density at radius 2 is 2.00 bits per heavy atom. The molecule has 0 atom stereocenters. The first kappa shape index (κ1) is 15.1. The summed E-state index contributed by atoms with van der Waals surface area (Å²) in [5.41, 5.74) is -0.942. The summed E-state index contributed by atoms with van der Waals surface area (Å²) < 4.78 is 53.0. The van der Waals surface area contributed by atoms with Crippen LogP contribution >= 0.6 is 0 Å². The van der Waals surface area contributed by atoms with Gasteiger partial charge in [-0.3, -0.25) is 4.79 Å². The van der Waals surface area contributed by atoms with Crippen LogP contribution in [0.3, 0.4) is 0 Å². The highest BCUT2D eigenvalue weighted by Gasteiger charge is 2.31. The number of halogens is 4. The van der Waals surface area contributed by atoms with Crippen molar-refractivity contribution in [3.63, 3.8) is 0 Å². The smallest absolute Gasteiger partial charge is 0.353 e. The number of hydrogen-bond acceptors (Lipinski definition) is 1. The third kappa shape index (κ3) is 3.42. The molecular formula is C14H12F4N2O. The molecule has 1 aromatic heterocycles. The zero-order valence-corrected chi connectivity index (χ0v) is 11.0. The Bertz CT molecular complexity index is 661. The van der Waals surface area contributed by atoms with Crippen molar-refractivity contribution in [1.82, 2.24) is 9.88 Å². The van der Waals surface area contributed by atoms with Crippen molar-refractivity contribution in [2.75, 3.05) is 0 Å². The highest BCUT2D eigenvalue weighted by molar-refractivity contribution is 5.94. The summed E-state index contributed by atoms with van der Waals surface area (Å²) in [6.45, 7) is 0.0953. The molecule has 7 heteroatoms. The Kier molecular flexibility index (Phi) is 4.02. The fraction of sp³-hybridized carbons (Fsp3) is 0.214. The Morgan fingerprint density at radius 1 is 1.29 bits per heavy atom. The zero-order valence-electron chi connectivity index (χ0n) is 11.0. The molecule has 0 aliphatic carbocycles. The van der Waals surface area contributed by atoms with Gasteiger partial charge in [-0.25, -0.2) is 4.39 Å². The van der Waals surface area contributed by atoms with E-state index in [9.17, 15) is 22.4 Å². The van der Waals surface area contributed by atoms with E-state index in [0.717, 1.165) is 5.69 Å². The normalized spacial score (nSPS) is 11.5. The molecule has 0 bridgehead atoms. The quantitative estimate of drug-likeness (QED) is 0.868. The number of alkyl halides is 3. The lowest BCUT2D eigenvalue weighted by Gasteiger charge is -2.10. The monoisotopic (exact) mass is 300 g/mol. The van der Waals surface area contributed by atoms with Crippen molar-refractivity contribution in [3.05, 3.63) is 59.2 Å². The van der Waals surface area contributed by atoms with Crippen LogP contribution in [0.4, 0.5) is 17.6 Å². The van der Waals surface area contributed by atoms with Crippen molar-refractivity contribution in [2.45, 2.75) is 12.7 Å². The van der Waals surface area contributed by atoms with Crippen molar-refractivity contribution in [2.24, 2.45) is 7.05 Å². The number of carbonyl (C=O) groups is 1. The number of nitrogens with zero attached hydrogens (tertiary/aromatic N) is 1. The van der Waals surface area contributed by atoms with Crippen LogP contribution in [0.15, 0.2) is 36.5 Å². The molecule has 0 saturated heterocycles. The number of rotatable bonds is 3. The van der Waals surface area contributed by atoms with Gasteiger partial charge in [0, 0.05) is 18.9 Å². The van der Waals surface area contributed by atoms with E-state index in [4.69, 9.17) is 0 Å². The second-order valence-electron chi connectivity index (χ2n) is 4.49. The number of hydrogen-bond donors (Lipinski definition) is 1. The largest absolute Gasteiger partial charge is 0.416 e. The minimum Gasteiger partial charge on any atom is -0.353 e. The first-order valence-corrected chi connectivity index (χ1v) is 6.04. The van der Waals surface area contributed by atoms with Gasteiger partial charge in [-0.15, -0.1) is 0 Å². The molecule has 0 fully saturated rings. The van der Waals surface area contributed by atoms with Gasteiger partial charge in [-0.2, -0.15) is 13.2 Å². The molecule has 1 heterocycles. The first-order chi connectivity index (χ1) is 9.79. The Labute approximate surface area is 118 Å². The first-order valence-electron chi connectivity index (χ1n) is 6.04. The van der Waals surface area contributed by atoms with Crippen molar-refractivity contribution < 1.29 is 22.4 Å². The van der Waals surface area contributed by atoms with Gasteiger partial charge in [0.15, 0.2) is 0 Å². The van der Waals surface area contributed by atoms with Gasteiger partial charge in [0.05, 0.1) is 17.7 Å². The molecule has 1 N–H and O–H groups in total. The van der Waals surface area contributed by atoms with E-state index in [1.165, 1.54) is 0 Å². The lowest BCUT2D eigenvalue weighted by molar-refractivity contribution is -0.137. The summed E-state index contributed by atoms with van der Waals surface area (Å²) in [4.78, 5) is 11.8. The Morgan fingerprint density at radius 3 is 2.57 bits per heavy atom. The Balaban J connectivity index is 2.17. The number of carbonyl (C=O) groups excluding carboxylic acids is 1. The van der Waals surface area contributed by atoms with Gasteiger partial charge < -0.3 is 9.88 Å². The van der Waals surface area contributed by atoms with E-state index >= 15 is 0 Å². The summed E-state index contributed by atoms with van der Waals surface area (Å²) >= 11 is 0. The van der Waals surface area contributed by atoms with E-state index < -0.39 is 29.0 Å². The number of aromatic nitrogens is 1. The molecule has 0 radical (unpaired) electrons. The molecule has 112 valence electrons. The summed E-state index contributed by atoms with van der Waals surface area (Å²) in [5, 5.41) is 2.39. The number of nitrogens with one attached hydrogen (secondary N) is 1. The van der Waals surface area contributed by atoms with Crippen LogP contribution in [0.5, 0.6) is 0 Å². The lowest BCUT2D eigenvalue weighted by Crippen LogP contribution is -2.25. The summed E-state index contributed by atoms with van der Waals surface area (Å²) in [5.74, 6) is -1.88. The molecule has 0 saturated carbocycles. The van der Waals surface area contributed by atoms with Crippen LogP contribution in [0.2, 0.25) is 0 Å². The SMILES string of the molecule is Cn1cccc1CNC(=O)c1cc(C(F)(F)F)ccc1F. The number of benzene rings is 1. The van der Waals surface area contributed by atoms with Crippen LogP contribution in [0.1, 0.15) is 21.6 Å². The number of amides is 1. The third-order valence-electron chi connectivity index (χ3n) is 3.02. The van der Waals surface area contributed by atoms with Gasteiger partial charge in [-0.1, -0.05) is 0 Å². The zero-order chi connectivity index (χ0) is 15.6. The van der Waals surface area contributed by atoms with Crippen molar-refractivity contribution in [3.8, 4) is 0 Å². The van der Waals surface area contributed by atoms with Gasteiger partial charge in [0.1, 0.15) is 5.82 Å². The summed E-state index contributed by atoms with van der Waals surface area (Å²) in [6, 6.07) is 5.24. The van der Waals surface area contributed by atoms with E-state index in [1.54, 1.807) is 29.9 Å². The van der Waals surface area contributed by atoms with E-state index in [1.807, 2.05) is 0 Å². The minimum absolute atomic E-state index is 0.0953.